The molecule has 0 aromatic carbocycles. The molecule has 0 bridgehead atoms. The van der Waals surface area contributed by atoms with Crippen LogP contribution in [-0.2, 0) is 0 Å². The fourth-order valence-corrected chi connectivity index (χ4v) is 3.53. The molecule has 1 aliphatic heterocycles. The Kier molecular flexibility index (Phi) is 4.02. The van der Waals surface area contributed by atoms with Gasteiger partial charge >= 0.3 is 0 Å². The molecule has 0 atom stereocenters. The second-order valence-electron chi connectivity index (χ2n) is 5.12. The molecule has 1 saturated heterocycles. The monoisotopic (exact) mass is 253 g/mol. The fraction of sp³-hybridized carbons (Fsp3) is 0.769. The molecular formula is C13H23N3S. The number of hydrogen-bond donors (Lipinski definition) is 1. The summed E-state index contributed by atoms with van der Waals surface area (Å²) in [6.07, 6.45) is 2.55. The number of anilines is 1. The van der Waals surface area contributed by atoms with Crippen LogP contribution in [-0.4, -0.2) is 27.3 Å². The van der Waals surface area contributed by atoms with Crippen LogP contribution in [0.25, 0.3) is 0 Å². The predicted molar refractivity (Wildman–Crippen MR) is 76.1 cm³/mol. The summed E-state index contributed by atoms with van der Waals surface area (Å²) in [5.74, 6) is 2.57. The Morgan fingerprint density at radius 2 is 1.94 bits per heavy atom. The molecule has 2 rings (SSSR count). The highest BCUT2D eigenvalue weighted by atomic mass is 32.2. The summed E-state index contributed by atoms with van der Waals surface area (Å²) < 4.78 is 2.12. The quantitative estimate of drug-likeness (QED) is 0.895. The van der Waals surface area contributed by atoms with Gasteiger partial charge in [-0.1, -0.05) is 0 Å². The molecule has 3 nitrogen and oxygen atoms in total. The largest absolute Gasteiger partial charge is 0.379 e. The van der Waals surface area contributed by atoms with Crippen LogP contribution >= 0.6 is 11.8 Å². The molecule has 0 unspecified atom stereocenters. The average molecular weight is 253 g/mol. The van der Waals surface area contributed by atoms with E-state index < -0.39 is 0 Å². The van der Waals surface area contributed by atoms with Crippen molar-refractivity contribution in [3.8, 4) is 0 Å². The van der Waals surface area contributed by atoms with Crippen LogP contribution in [0.15, 0.2) is 0 Å². The Bertz CT molecular complexity index is 378. The van der Waals surface area contributed by atoms with E-state index in [2.05, 4.69) is 54.6 Å². The SMILES string of the molecule is Cc1nn(C(C)C)c(C)c1NC1CCSCC1. The lowest BCUT2D eigenvalue weighted by molar-refractivity contribution is 0.516. The van der Waals surface area contributed by atoms with Gasteiger partial charge in [-0.2, -0.15) is 16.9 Å². The van der Waals surface area contributed by atoms with Crippen LogP contribution in [0.3, 0.4) is 0 Å². The van der Waals surface area contributed by atoms with E-state index in [4.69, 9.17) is 0 Å². The van der Waals surface area contributed by atoms with Gasteiger partial charge < -0.3 is 5.32 Å². The first-order valence-corrected chi connectivity index (χ1v) is 7.65. The second-order valence-corrected chi connectivity index (χ2v) is 6.34. The van der Waals surface area contributed by atoms with E-state index in [1.54, 1.807) is 0 Å². The molecule has 4 heteroatoms. The average Bonchev–Trinajstić information content (AvgIpc) is 2.58. The van der Waals surface area contributed by atoms with Gasteiger partial charge in [0.05, 0.1) is 17.1 Å². The van der Waals surface area contributed by atoms with Gasteiger partial charge in [-0.3, -0.25) is 4.68 Å². The third kappa shape index (κ3) is 2.79. The van der Waals surface area contributed by atoms with Crippen LogP contribution in [0.2, 0.25) is 0 Å². The number of aromatic nitrogens is 2. The Hall–Kier alpha value is -0.640. The molecular weight excluding hydrogens is 230 g/mol. The van der Waals surface area contributed by atoms with Crippen LogP contribution in [0, 0.1) is 13.8 Å². The van der Waals surface area contributed by atoms with Gasteiger partial charge in [0.1, 0.15) is 0 Å². The van der Waals surface area contributed by atoms with E-state index in [-0.39, 0.29) is 0 Å². The Labute approximate surface area is 108 Å². The number of rotatable bonds is 3. The van der Waals surface area contributed by atoms with E-state index in [1.165, 1.54) is 35.7 Å². The molecule has 0 spiro atoms. The van der Waals surface area contributed by atoms with E-state index in [0.29, 0.717) is 12.1 Å². The van der Waals surface area contributed by atoms with Crippen molar-refractivity contribution in [3.63, 3.8) is 0 Å². The Balaban J connectivity index is 2.14. The number of nitrogens with one attached hydrogen (secondary N) is 1. The van der Waals surface area contributed by atoms with Crippen molar-refractivity contribution in [1.82, 2.24) is 9.78 Å². The second kappa shape index (κ2) is 5.34. The van der Waals surface area contributed by atoms with Crippen molar-refractivity contribution in [2.24, 2.45) is 0 Å². The maximum atomic E-state index is 4.62. The minimum absolute atomic E-state index is 0.436. The summed E-state index contributed by atoms with van der Waals surface area (Å²) in [4.78, 5) is 0. The van der Waals surface area contributed by atoms with Gasteiger partial charge in [0.15, 0.2) is 0 Å². The van der Waals surface area contributed by atoms with Crippen molar-refractivity contribution in [2.75, 3.05) is 16.8 Å². The van der Waals surface area contributed by atoms with Crippen molar-refractivity contribution >= 4 is 17.4 Å². The maximum Gasteiger partial charge on any atom is 0.0828 e. The normalized spacial score (nSPS) is 17.7. The first-order chi connectivity index (χ1) is 8.09. The van der Waals surface area contributed by atoms with Crippen molar-refractivity contribution in [1.29, 1.82) is 0 Å². The highest BCUT2D eigenvalue weighted by Gasteiger charge is 2.18. The highest BCUT2D eigenvalue weighted by Crippen LogP contribution is 2.26. The lowest BCUT2D eigenvalue weighted by atomic mass is 10.1. The zero-order valence-electron chi connectivity index (χ0n) is 11.3. The van der Waals surface area contributed by atoms with E-state index in [1.807, 2.05) is 0 Å². The topological polar surface area (TPSA) is 29.9 Å². The molecule has 1 N–H and O–H groups in total. The summed E-state index contributed by atoms with van der Waals surface area (Å²) in [6.45, 7) is 8.63. The van der Waals surface area contributed by atoms with Gasteiger partial charge in [-0.05, 0) is 52.0 Å². The fourth-order valence-electron chi connectivity index (χ4n) is 2.42. The number of aryl methyl sites for hydroxylation is 1. The van der Waals surface area contributed by atoms with E-state index >= 15 is 0 Å². The van der Waals surface area contributed by atoms with Gasteiger partial charge in [0.2, 0.25) is 0 Å². The minimum atomic E-state index is 0.436. The van der Waals surface area contributed by atoms with Crippen molar-refractivity contribution < 1.29 is 0 Å². The molecule has 0 amide bonds. The van der Waals surface area contributed by atoms with Crippen LogP contribution in [0.4, 0.5) is 5.69 Å². The molecule has 0 radical (unpaired) electrons. The van der Waals surface area contributed by atoms with Gasteiger partial charge in [-0.25, -0.2) is 0 Å². The third-order valence-corrected chi connectivity index (χ3v) is 4.43. The van der Waals surface area contributed by atoms with Crippen LogP contribution < -0.4 is 5.32 Å². The van der Waals surface area contributed by atoms with Gasteiger partial charge in [0.25, 0.3) is 0 Å². The lowest BCUT2D eigenvalue weighted by Gasteiger charge is -2.23. The molecule has 0 saturated carbocycles. The molecule has 1 fully saturated rings. The van der Waals surface area contributed by atoms with Crippen molar-refractivity contribution in [2.45, 2.75) is 52.6 Å². The summed E-state index contributed by atoms with van der Waals surface area (Å²) >= 11 is 2.07. The summed E-state index contributed by atoms with van der Waals surface area (Å²) in [5.41, 5.74) is 3.67. The smallest absolute Gasteiger partial charge is 0.0828 e. The number of hydrogen-bond acceptors (Lipinski definition) is 3. The summed E-state index contributed by atoms with van der Waals surface area (Å²) in [6, 6.07) is 1.07. The minimum Gasteiger partial charge on any atom is -0.379 e. The molecule has 17 heavy (non-hydrogen) atoms. The maximum absolute atomic E-state index is 4.62. The van der Waals surface area contributed by atoms with Crippen molar-refractivity contribution in [3.05, 3.63) is 11.4 Å². The predicted octanol–water partition coefficient (Wildman–Crippen LogP) is 3.39. The van der Waals surface area contributed by atoms with Gasteiger partial charge in [-0.15, -0.1) is 0 Å². The molecule has 0 aliphatic carbocycles. The molecule has 2 heterocycles. The lowest BCUT2D eigenvalue weighted by Crippen LogP contribution is -2.25. The summed E-state index contributed by atoms with van der Waals surface area (Å²) in [5, 5.41) is 8.32. The molecule has 1 aliphatic rings. The van der Waals surface area contributed by atoms with Crippen LogP contribution in [0.5, 0.6) is 0 Å². The first-order valence-electron chi connectivity index (χ1n) is 6.49. The van der Waals surface area contributed by atoms with E-state index in [9.17, 15) is 0 Å². The molecule has 1 aromatic heterocycles. The Morgan fingerprint density at radius 3 is 2.47 bits per heavy atom. The number of thioether (sulfide) groups is 1. The zero-order valence-corrected chi connectivity index (χ0v) is 12.1. The highest BCUT2D eigenvalue weighted by molar-refractivity contribution is 7.99. The summed E-state index contributed by atoms with van der Waals surface area (Å²) in [7, 11) is 0. The van der Waals surface area contributed by atoms with E-state index in [0.717, 1.165) is 5.69 Å². The zero-order chi connectivity index (χ0) is 12.4. The van der Waals surface area contributed by atoms with Crippen LogP contribution in [0.1, 0.15) is 44.1 Å². The molecule has 1 aromatic rings. The Morgan fingerprint density at radius 1 is 1.29 bits per heavy atom. The van der Waals surface area contributed by atoms with Gasteiger partial charge in [0, 0.05) is 12.1 Å². The standard InChI is InChI=1S/C13H23N3S/c1-9(2)16-11(4)13(10(3)15-16)14-12-5-7-17-8-6-12/h9,12,14H,5-8H2,1-4H3. The number of nitrogens with zero attached hydrogens (tertiary/aromatic N) is 2. The third-order valence-electron chi connectivity index (χ3n) is 3.38. The first kappa shape index (κ1) is 12.8. The molecule has 96 valence electrons.